The standard InChI is InChI=1S/C24H14N2O/c1-2-8-17-15(7-1)16-13-14-22-24-23(16)25(17)18-9-3-4-10-19(18)26(24)20-11-5-6-12-21(20)27-22/h1-14H. The Morgan fingerprint density at radius 1 is 0.556 bits per heavy atom. The number of anilines is 3. The maximum atomic E-state index is 6.30. The second-order valence-corrected chi connectivity index (χ2v) is 7.05. The van der Waals surface area contributed by atoms with Crippen LogP contribution in [0, 0.1) is 0 Å². The van der Waals surface area contributed by atoms with Crippen LogP contribution >= 0.6 is 0 Å². The van der Waals surface area contributed by atoms with E-state index in [4.69, 9.17) is 4.74 Å². The first-order valence-electron chi connectivity index (χ1n) is 9.14. The van der Waals surface area contributed by atoms with Crippen molar-refractivity contribution in [2.45, 2.75) is 0 Å². The van der Waals surface area contributed by atoms with Crippen molar-refractivity contribution in [3.05, 3.63) is 84.9 Å². The minimum absolute atomic E-state index is 0.892. The second-order valence-electron chi connectivity index (χ2n) is 7.05. The van der Waals surface area contributed by atoms with Crippen molar-refractivity contribution in [1.82, 2.24) is 4.57 Å². The molecule has 7 rings (SSSR count). The predicted molar refractivity (Wildman–Crippen MR) is 109 cm³/mol. The van der Waals surface area contributed by atoms with Gasteiger partial charge in [-0.05, 0) is 42.5 Å². The van der Waals surface area contributed by atoms with E-state index in [0.717, 1.165) is 22.9 Å². The summed E-state index contributed by atoms with van der Waals surface area (Å²) in [6, 6.07) is 29.8. The molecule has 0 N–H and O–H groups in total. The fourth-order valence-electron chi connectivity index (χ4n) is 4.63. The Bertz CT molecular complexity index is 1410. The lowest BCUT2D eigenvalue weighted by Crippen LogP contribution is -2.21. The van der Waals surface area contributed by atoms with Gasteiger partial charge in [0.1, 0.15) is 5.69 Å². The van der Waals surface area contributed by atoms with Gasteiger partial charge in [0.25, 0.3) is 0 Å². The smallest absolute Gasteiger partial charge is 0.153 e. The molecule has 0 fully saturated rings. The van der Waals surface area contributed by atoms with Crippen LogP contribution in [0.4, 0.5) is 17.1 Å². The summed E-state index contributed by atoms with van der Waals surface area (Å²) in [7, 11) is 0. The van der Waals surface area contributed by atoms with Gasteiger partial charge in [-0.3, -0.25) is 4.90 Å². The molecule has 2 aliphatic rings. The summed E-state index contributed by atoms with van der Waals surface area (Å²) in [4.78, 5) is 2.35. The van der Waals surface area contributed by atoms with Crippen molar-refractivity contribution in [3.63, 3.8) is 0 Å². The molecular weight excluding hydrogens is 332 g/mol. The molecule has 27 heavy (non-hydrogen) atoms. The quantitative estimate of drug-likeness (QED) is 0.305. The molecule has 0 spiro atoms. The van der Waals surface area contributed by atoms with Crippen LogP contribution in [0.2, 0.25) is 0 Å². The fraction of sp³-hybridized carbons (Fsp3) is 0. The number of hydrogen-bond acceptors (Lipinski definition) is 2. The van der Waals surface area contributed by atoms with Gasteiger partial charge in [-0.1, -0.05) is 42.5 Å². The maximum absolute atomic E-state index is 6.30. The van der Waals surface area contributed by atoms with Crippen LogP contribution in [0.5, 0.6) is 11.5 Å². The normalized spacial score (nSPS) is 13.4. The summed E-state index contributed by atoms with van der Waals surface area (Å²) >= 11 is 0. The number of rotatable bonds is 0. The van der Waals surface area contributed by atoms with E-state index in [1.54, 1.807) is 0 Å². The van der Waals surface area contributed by atoms with E-state index in [1.807, 2.05) is 12.1 Å². The molecule has 3 heteroatoms. The van der Waals surface area contributed by atoms with Crippen molar-refractivity contribution < 1.29 is 4.74 Å². The second kappa shape index (κ2) is 4.51. The molecule has 0 bridgehead atoms. The van der Waals surface area contributed by atoms with Crippen molar-refractivity contribution >= 4 is 38.9 Å². The summed E-state index contributed by atoms with van der Waals surface area (Å²) in [6.45, 7) is 0. The van der Waals surface area contributed by atoms with Crippen molar-refractivity contribution in [1.29, 1.82) is 0 Å². The average Bonchev–Trinajstić information content (AvgIpc) is 3.07. The largest absolute Gasteiger partial charge is 0.453 e. The van der Waals surface area contributed by atoms with Crippen LogP contribution in [0.1, 0.15) is 0 Å². The summed E-state index contributed by atoms with van der Waals surface area (Å²) in [5.41, 5.74) is 7.03. The van der Waals surface area contributed by atoms with E-state index < -0.39 is 0 Å². The summed E-state index contributed by atoms with van der Waals surface area (Å²) in [5, 5.41) is 2.53. The number of nitrogens with zero attached hydrogens (tertiary/aromatic N) is 2. The number of fused-ring (bicyclic) bond motifs is 8. The fourth-order valence-corrected chi connectivity index (χ4v) is 4.63. The number of hydrogen-bond donors (Lipinski definition) is 0. The van der Waals surface area contributed by atoms with E-state index >= 15 is 0 Å². The number of benzene rings is 4. The average molecular weight is 346 g/mol. The molecule has 3 nitrogen and oxygen atoms in total. The molecule has 1 aromatic heterocycles. The number of para-hydroxylation sites is 5. The molecule has 0 radical (unpaired) electrons. The number of aromatic nitrogens is 1. The lowest BCUT2D eigenvalue weighted by Gasteiger charge is -2.37. The lowest BCUT2D eigenvalue weighted by molar-refractivity contribution is 0.477. The topological polar surface area (TPSA) is 17.4 Å². The SMILES string of the molecule is c1ccc2c(c1)Oc1ccc3c4ccccc4n4c3c1N2c1ccccc1-4. The van der Waals surface area contributed by atoms with Crippen molar-refractivity contribution in [2.24, 2.45) is 0 Å². The number of ether oxygens (including phenoxy) is 1. The zero-order chi connectivity index (χ0) is 17.5. The van der Waals surface area contributed by atoms with Gasteiger partial charge in [-0.2, -0.15) is 0 Å². The van der Waals surface area contributed by atoms with E-state index in [-0.39, 0.29) is 0 Å². The summed E-state index contributed by atoms with van der Waals surface area (Å²) < 4.78 is 8.68. The minimum atomic E-state index is 0.892. The van der Waals surface area contributed by atoms with Gasteiger partial charge < -0.3 is 9.30 Å². The first kappa shape index (κ1) is 13.5. The third-order valence-electron chi connectivity index (χ3n) is 5.69. The molecule has 0 saturated carbocycles. The summed E-state index contributed by atoms with van der Waals surface area (Å²) in [5.74, 6) is 1.79. The van der Waals surface area contributed by atoms with Crippen LogP contribution in [0.15, 0.2) is 84.9 Å². The Balaban J connectivity index is 1.77. The van der Waals surface area contributed by atoms with Gasteiger partial charge in [0.15, 0.2) is 11.5 Å². The first-order chi connectivity index (χ1) is 13.4. The van der Waals surface area contributed by atoms with Gasteiger partial charge in [0.2, 0.25) is 0 Å². The zero-order valence-corrected chi connectivity index (χ0v) is 14.4. The van der Waals surface area contributed by atoms with Crippen LogP contribution in [-0.4, -0.2) is 4.57 Å². The highest BCUT2D eigenvalue weighted by atomic mass is 16.5. The minimum Gasteiger partial charge on any atom is -0.453 e. The van der Waals surface area contributed by atoms with Gasteiger partial charge >= 0.3 is 0 Å². The van der Waals surface area contributed by atoms with Crippen molar-refractivity contribution in [3.8, 4) is 17.2 Å². The molecule has 5 aromatic rings. The highest BCUT2D eigenvalue weighted by Gasteiger charge is 2.35. The van der Waals surface area contributed by atoms with E-state index in [9.17, 15) is 0 Å². The predicted octanol–water partition coefficient (Wildman–Crippen LogP) is 6.67. The highest BCUT2D eigenvalue weighted by Crippen LogP contribution is 2.58. The Morgan fingerprint density at radius 3 is 2.22 bits per heavy atom. The molecule has 126 valence electrons. The Labute approximate surface area is 155 Å². The zero-order valence-electron chi connectivity index (χ0n) is 14.4. The highest BCUT2D eigenvalue weighted by molar-refractivity contribution is 6.18. The molecule has 3 heterocycles. The monoisotopic (exact) mass is 346 g/mol. The van der Waals surface area contributed by atoms with Crippen molar-refractivity contribution in [2.75, 3.05) is 4.90 Å². The Morgan fingerprint density at radius 2 is 1.30 bits per heavy atom. The van der Waals surface area contributed by atoms with Crippen LogP contribution in [-0.2, 0) is 0 Å². The molecule has 2 aliphatic heterocycles. The molecule has 0 amide bonds. The molecule has 4 aromatic carbocycles. The molecule has 0 saturated heterocycles. The third kappa shape index (κ3) is 1.50. The van der Waals surface area contributed by atoms with E-state index in [0.29, 0.717) is 0 Å². The van der Waals surface area contributed by atoms with Crippen LogP contribution < -0.4 is 9.64 Å². The lowest BCUT2D eigenvalue weighted by atomic mass is 10.0. The van der Waals surface area contributed by atoms with Gasteiger partial charge in [-0.25, -0.2) is 0 Å². The van der Waals surface area contributed by atoms with Gasteiger partial charge in [-0.15, -0.1) is 0 Å². The maximum Gasteiger partial charge on any atom is 0.153 e. The Kier molecular flexibility index (Phi) is 2.25. The molecule has 0 unspecified atom stereocenters. The third-order valence-corrected chi connectivity index (χ3v) is 5.69. The Hall–Kier alpha value is -3.72. The van der Waals surface area contributed by atoms with Gasteiger partial charge in [0, 0.05) is 10.8 Å². The van der Waals surface area contributed by atoms with E-state index in [1.165, 1.54) is 33.2 Å². The first-order valence-corrected chi connectivity index (χ1v) is 9.14. The molecular formula is C24H14N2O. The van der Waals surface area contributed by atoms with Crippen LogP contribution in [0.25, 0.3) is 27.5 Å². The molecule has 0 aliphatic carbocycles. The van der Waals surface area contributed by atoms with Crippen LogP contribution in [0.3, 0.4) is 0 Å². The molecule has 0 atom stereocenters. The van der Waals surface area contributed by atoms with Gasteiger partial charge in [0.05, 0.1) is 28.1 Å². The van der Waals surface area contributed by atoms with E-state index in [2.05, 4.69) is 82.3 Å². The summed E-state index contributed by atoms with van der Waals surface area (Å²) in [6.07, 6.45) is 0.